The molecule has 2 aliphatic rings. The zero-order chi connectivity index (χ0) is 17.6. The van der Waals surface area contributed by atoms with Gasteiger partial charge in [-0.3, -0.25) is 19.4 Å². The first kappa shape index (κ1) is 16.0. The lowest BCUT2D eigenvalue weighted by Crippen LogP contribution is -2.42. The smallest absolute Gasteiger partial charge is 0.261 e. The molecule has 2 atom stereocenters. The van der Waals surface area contributed by atoms with Gasteiger partial charge in [-0.05, 0) is 36.7 Å². The van der Waals surface area contributed by atoms with Crippen molar-refractivity contribution in [3.63, 3.8) is 0 Å². The number of carbonyl (C=O) groups excluding carboxylic acids is 2. The van der Waals surface area contributed by atoms with Crippen molar-refractivity contribution in [1.29, 1.82) is 0 Å². The summed E-state index contributed by atoms with van der Waals surface area (Å²) in [5.74, 6) is -0.464. The number of aliphatic hydroxyl groups excluding tert-OH is 1. The van der Waals surface area contributed by atoms with E-state index in [1.807, 2.05) is 36.2 Å². The number of hydrogen-bond donors (Lipinski definition) is 1. The van der Waals surface area contributed by atoms with Crippen molar-refractivity contribution in [1.82, 2.24) is 9.80 Å². The summed E-state index contributed by atoms with van der Waals surface area (Å²) in [5.41, 5.74) is 3.08. The first-order valence-electron chi connectivity index (χ1n) is 8.49. The molecule has 5 heteroatoms. The second kappa shape index (κ2) is 6.10. The maximum absolute atomic E-state index is 12.4. The number of likely N-dealkylation sites (N-methyl/N-ethyl adjacent to an activating group) is 1. The van der Waals surface area contributed by atoms with Crippen molar-refractivity contribution in [2.24, 2.45) is 0 Å². The highest BCUT2D eigenvalue weighted by Gasteiger charge is 2.37. The summed E-state index contributed by atoms with van der Waals surface area (Å²) < 4.78 is 0. The van der Waals surface area contributed by atoms with Gasteiger partial charge in [0.1, 0.15) is 0 Å². The topological polar surface area (TPSA) is 60.9 Å². The Labute approximate surface area is 146 Å². The Morgan fingerprint density at radius 3 is 2.28 bits per heavy atom. The lowest BCUT2D eigenvalue weighted by Gasteiger charge is -2.28. The normalized spacial score (nSPS) is 21.8. The van der Waals surface area contributed by atoms with Gasteiger partial charge in [-0.2, -0.15) is 0 Å². The molecule has 0 unspecified atom stereocenters. The van der Waals surface area contributed by atoms with E-state index < -0.39 is 6.10 Å². The average molecular weight is 336 g/mol. The van der Waals surface area contributed by atoms with Crippen molar-refractivity contribution in [2.75, 3.05) is 20.1 Å². The summed E-state index contributed by atoms with van der Waals surface area (Å²) in [4.78, 5) is 28.2. The molecular weight excluding hydrogens is 316 g/mol. The van der Waals surface area contributed by atoms with Gasteiger partial charge in [0.15, 0.2) is 0 Å². The monoisotopic (exact) mass is 336 g/mol. The summed E-state index contributed by atoms with van der Waals surface area (Å²) in [6, 6.07) is 14.8. The van der Waals surface area contributed by atoms with Crippen LogP contribution in [0.25, 0.3) is 0 Å². The van der Waals surface area contributed by atoms with Gasteiger partial charge in [0, 0.05) is 19.1 Å². The molecule has 4 rings (SSSR count). The number of imide groups is 1. The Morgan fingerprint density at radius 2 is 1.64 bits per heavy atom. The molecule has 2 amide bonds. The van der Waals surface area contributed by atoms with Gasteiger partial charge in [0.2, 0.25) is 0 Å². The molecule has 1 aliphatic heterocycles. The van der Waals surface area contributed by atoms with Crippen molar-refractivity contribution in [3.8, 4) is 0 Å². The summed E-state index contributed by atoms with van der Waals surface area (Å²) in [5, 5.41) is 10.6. The number of benzene rings is 2. The molecule has 25 heavy (non-hydrogen) atoms. The van der Waals surface area contributed by atoms with Gasteiger partial charge in [-0.25, -0.2) is 0 Å². The van der Waals surface area contributed by atoms with E-state index in [0.717, 1.165) is 17.5 Å². The maximum atomic E-state index is 12.4. The van der Waals surface area contributed by atoms with Crippen molar-refractivity contribution in [3.05, 3.63) is 70.8 Å². The van der Waals surface area contributed by atoms with Crippen LogP contribution in [0, 0.1) is 0 Å². The van der Waals surface area contributed by atoms with Crippen LogP contribution in [0.2, 0.25) is 0 Å². The van der Waals surface area contributed by atoms with Crippen LogP contribution >= 0.6 is 0 Å². The molecule has 0 saturated heterocycles. The third kappa shape index (κ3) is 2.56. The fourth-order valence-corrected chi connectivity index (χ4v) is 3.82. The number of fused-ring (bicyclic) bond motifs is 2. The van der Waals surface area contributed by atoms with Crippen molar-refractivity contribution in [2.45, 2.75) is 18.6 Å². The van der Waals surface area contributed by atoms with Gasteiger partial charge in [-0.15, -0.1) is 0 Å². The molecule has 1 aliphatic carbocycles. The Bertz CT molecular complexity index is 813. The number of aliphatic hydroxyl groups is 1. The molecular formula is C20H20N2O3. The highest BCUT2D eigenvalue weighted by molar-refractivity contribution is 6.21. The van der Waals surface area contributed by atoms with Crippen LogP contribution in [-0.4, -0.2) is 52.9 Å². The predicted octanol–water partition coefficient (Wildman–Crippen LogP) is 1.87. The summed E-state index contributed by atoms with van der Waals surface area (Å²) in [6.45, 7) is 0.851. The molecule has 0 saturated carbocycles. The molecule has 5 nitrogen and oxygen atoms in total. The van der Waals surface area contributed by atoms with Crippen LogP contribution in [-0.2, 0) is 6.42 Å². The zero-order valence-electron chi connectivity index (χ0n) is 14.1. The minimum atomic E-state index is -0.539. The van der Waals surface area contributed by atoms with E-state index in [0.29, 0.717) is 24.2 Å². The second-order valence-electron chi connectivity index (χ2n) is 6.70. The average Bonchev–Trinajstić information content (AvgIpc) is 3.09. The van der Waals surface area contributed by atoms with Crippen LogP contribution in [0.3, 0.4) is 0 Å². The Morgan fingerprint density at radius 1 is 1.04 bits per heavy atom. The van der Waals surface area contributed by atoms with Gasteiger partial charge in [0.05, 0.1) is 17.2 Å². The highest BCUT2D eigenvalue weighted by Crippen LogP contribution is 2.33. The van der Waals surface area contributed by atoms with Gasteiger partial charge < -0.3 is 5.11 Å². The largest absolute Gasteiger partial charge is 0.387 e. The number of amides is 2. The van der Waals surface area contributed by atoms with Crippen molar-refractivity contribution < 1.29 is 14.7 Å². The SMILES string of the molecule is CN(CCN1C(=O)c2ccccc2C1=O)[C@H]1Cc2ccccc2[C@@H]1O. The van der Waals surface area contributed by atoms with Crippen LogP contribution in [0.15, 0.2) is 48.5 Å². The number of nitrogens with zero attached hydrogens (tertiary/aromatic N) is 2. The Hall–Kier alpha value is -2.50. The molecule has 0 spiro atoms. The van der Waals surface area contributed by atoms with Gasteiger partial charge in [-0.1, -0.05) is 36.4 Å². The third-order valence-corrected chi connectivity index (χ3v) is 5.29. The molecule has 128 valence electrons. The van der Waals surface area contributed by atoms with E-state index in [4.69, 9.17) is 0 Å². The standard InChI is InChI=1S/C20H20N2O3/c1-21(17-12-13-6-2-3-7-14(13)18(17)23)10-11-22-19(24)15-8-4-5-9-16(15)20(22)25/h2-9,17-18,23H,10-12H2,1H3/t17-,18-/m0/s1. The minimum Gasteiger partial charge on any atom is -0.387 e. The van der Waals surface area contributed by atoms with Gasteiger partial charge >= 0.3 is 0 Å². The van der Waals surface area contributed by atoms with Crippen LogP contribution in [0.5, 0.6) is 0 Å². The molecule has 0 radical (unpaired) electrons. The fraction of sp³-hybridized carbons (Fsp3) is 0.300. The fourth-order valence-electron chi connectivity index (χ4n) is 3.82. The molecule has 0 fully saturated rings. The first-order chi connectivity index (χ1) is 12.1. The molecule has 1 heterocycles. The molecule has 0 aromatic heterocycles. The Balaban J connectivity index is 1.43. The zero-order valence-corrected chi connectivity index (χ0v) is 14.1. The third-order valence-electron chi connectivity index (χ3n) is 5.29. The van der Waals surface area contributed by atoms with E-state index in [1.165, 1.54) is 4.90 Å². The summed E-state index contributed by atoms with van der Waals surface area (Å²) in [6.07, 6.45) is 0.235. The summed E-state index contributed by atoms with van der Waals surface area (Å²) in [7, 11) is 1.93. The lowest BCUT2D eigenvalue weighted by atomic mass is 10.1. The minimum absolute atomic E-state index is 0.0346. The van der Waals surface area contributed by atoms with Crippen LogP contribution in [0.1, 0.15) is 37.9 Å². The molecule has 2 aromatic carbocycles. The molecule has 1 N–H and O–H groups in total. The number of hydrogen-bond acceptors (Lipinski definition) is 4. The predicted molar refractivity (Wildman–Crippen MR) is 93.3 cm³/mol. The number of carbonyl (C=O) groups is 2. The summed E-state index contributed by atoms with van der Waals surface area (Å²) >= 11 is 0. The van der Waals surface area contributed by atoms with Crippen LogP contribution < -0.4 is 0 Å². The molecule has 2 aromatic rings. The Kier molecular flexibility index (Phi) is 3.90. The van der Waals surface area contributed by atoms with E-state index in [9.17, 15) is 14.7 Å². The first-order valence-corrected chi connectivity index (χ1v) is 8.49. The highest BCUT2D eigenvalue weighted by atomic mass is 16.3. The number of rotatable bonds is 4. The van der Waals surface area contributed by atoms with Crippen molar-refractivity contribution >= 4 is 11.8 Å². The van der Waals surface area contributed by atoms with Crippen LogP contribution in [0.4, 0.5) is 0 Å². The maximum Gasteiger partial charge on any atom is 0.261 e. The molecule has 0 bridgehead atoms. The van der Waals surface area contributed by atoms with E-state index in [2.05, 4.69) is 0 Å². The van der Waals surface area contributed by atoms with E-state index >= 15 is 0 Å². The van der Waals surface area contributed by atoms with E-state index in [-0.39, 0.29) is 17.9 Å². The quantitative estimate of drug-likeness (QED) is 0.866. The van der Waals surface area contributed by atoms with E-state index in [1.54, 1.807) is 24.3 Å². The lowest BCUT2D eigenvalue weighted by molar-refractivity contribution is 0.0556. The second-order valence-corrected chi connectivity index (χ2v) is 6.70. The van der Waals surface area contributed by atoms with Gasteiger partial charge in [0.25, 0.3) is 11.8 Å².